The number of amides is 1. The maximum Gasteiger partial charge on any atom is 0.264 e. The van der Waals surface area contributed by atoms with Crippen LogP contribution >= 0.6 is 11.3 Å². The average molecular weight is 320 g/mol. The molecule has 3 aromatic rings. The first-order chi connectivity index (χ1) is 11.3. The maximum atomic E-state index is 13.0. The first-order valence-corrected chi connectivity index (χ1v) is 8.55. The molecule has 0 radical (unpaired) electrons. The molecule has 1 atom stereocenters. The zero-order valence-corrected chi connectivity index (χ0v) is 13.4. The number of pyridine rings is 1. The predicted molar refractivity (Wildman–Crippen MR) is 91.6 cm³/mol. The third kappa shape index (κ3) is 2.55. The Hall–Kier alpha value is -2.46. The zero-order valence-electron chi connectivity index (χ0n) is 12.6. The van der Waals surface area contributed by atoms with Crippen LogP contribution in [0.2, 0.25) is 0 Å². The molecule has 4 rings (SSSR count). The van der Waals surface area contributed by atoms with E-state index in [4.69, 9.17) is 0 Å². The van der Waals surface area contributed by atoms with E-state index in [-0.39, 0.29) is 11.9 Å². The highest BCUT2D eigenvalue weighted by molar-refractivity contribution is 7.12. The van der Waals surface area contributed by atoms with Gasteiger partial charge >= 0.3 is 0 Å². The average Bonchev–Trinajstić information content (AvgIpc) is 3.15. The van der Waals surface area contributed by atoms with Crippen LogP contribution in [0.15, 0.2) is 66.3 Å². The number of hydrogen-bond donors (Lipinski definition) is 0. The van der Waals surface area contributed by atoms with E-state index in [2.05, 4.69) is 23.2 Å². The lowest BCUT2D eigenvalue weighted by Crippen LogP contribution is -2.40. The number of carbonyl (C=O) groups is 1. The first-order valence-electron chi connectivity index (χ1n) is 7.67. The molecule has 0 spiro atoms. The van der Waals surface area contributed by atoms with Gasteiger partial charge < -0.3 is 4.90 Å². The van der Waals surface area contributed by atoms with Crippen molar-refractivity contribution in [2.45, 2.75) is 12.5 Å². The van der Waals surface area contributed by atoms with Crippen LogP contribution in [0.25, 0.3) is 0 Å². The molecule has 114 valence electrons. The predicted octanol–water partition coefficient (Wildman–Crippen LogP) is 3.93. The van der Waals surface area contributed by atoms with Gasteiger partial charge in [-0.3, -0.25) is 9.78 Å². The third-order valence-electron chi connectivity index (χ3n) is 4.30. The van der Waals surface area contributed by atoms with Crippen LogP contribution in [0, 0.1) is 0 Å². The van der Waals surface area contributed by atoms with Gasteiger partial charge in [0.05, 0.1) is 10.9 Å². The summed E-state index contributed by atoms with van der Waals surface area (Å²) in [5.41, 5.74) is 3.65. The standard InChI is InChI=1S/C19H16N2OS/c22-19(17-6-3-13-23-17)21-12-9-14-4-1-2-5-16(14)18(21)15-7-10-20-11-8-15/h1-8,10-11,13,18H,9,12H2/t18-/m1/s1. The van der Waals surface area contributed by atoms with Crippen molar-refractivity contribution >= 4 is 17.2 Å². The summed E-state index contributed by atoms with van der Waals surface area (Å²) in [6, 6.07) is 16.2. The minimum atomic E-state index is -0.0439. The van der Waals surface area contributed by atoms with Crippen molar-refractivity contribution in [1.82, 2.24) is 9.88 Å². The first kappa shape index (κ1) is 14.2. The molecule has 1 aromatic carbocycles. The minimum Gasteiger partial charge on any atom is -0.326 e. The Bertz CT molecular complexity index is 814. The Morgan fingerprint density at radius 1 is 1.09 bits per heavy atom. The van der Waals surface area contributed by atoms with Crippen molar-refractivity contribution in [3.63, 3.8) is 0 Å². The highest BCUT2D eigenvalue weighted by atomic mass is 32.1. The molecular formula is C19H16N2OS. The van der Waals surface area contributed by atoms with Crippen LogP contribution in [0.1, 0.15) is 32.4 Å². The third-order valence-corrected chi connectivity index (χ3v) is 5.16. The zero-order chi connectivity index (χ0) is 15.6. The summed E-state index contributed by atoms with van der Waals surface area (Å²) >= 11 is 1.50. The molecule has 0 saturated heterocycles. The van der Waals surface area contributed by atoms with Gasteiger partial charge in [0, 0.05) is 18.9 Å². The fraction of sp³-hybridized carbons (Fsp3) is 0.158. The van der Waals surface area contributed by atoms with Crippen LogP contribution in [-0.2, 0) is 6.42 Å². The Balaban J connectivity index is 1.81. The molecule has 0 saturated carbocycles. The van der Waals surface area contributed by atoms with Crippen molar-refractivity contribution < 1.29 is 4.79 Å². The summed E-state index contributed by atoms with van der Waals surface area (Å²) in [6.45, 7) is 0.737. The van der Waals surface area contributed by atoms with Gasteiger partial charge in [0.25, 0.3) is 5.91 Å². The van der Waals surface area contributed by atoms with E-state index in [0.717, 1.165) is 23.4 Å². The Morgan fingerprint density at radius 2 is 1.91 bits per heavy atom. The number of aromatic nitrogens is 1. The monoisotopic (exact) mass is 320 g/mol. The fourth-order valence-corrected chi connectivity index (χ4v) is 3.91. The summed E-state index contributed by atoms with van der Waals surface area (Å²) in [5, 5.41) is 1.95. The van der Waals surface area contributed by atoms with Crippen LogP contribution in [0.4, 0.5) is 0 Å². The van der Waals surface area contributed by atoms with Crippen LogP contribution in [0.5, 0.6) is 0 Å². The number of nitrogens with zero attached hydrogens (tertiary/aromatic N) is 2. The number of carbonyl (C=O) groups excluding carboxylic acids is 1. The summed E-state index contributed by atoms with van der Waals surface area (Å²) in [5.74, 6) is 0.108. The molecule has 2 aromatic heterocycles. The Kier molecular flexibility index (Phi) is 3.67. The molecule has 0 fully saturated rings. The maximum absolute atomic E-state index is 13.0. The quantitative estimate of drug-likeness (QED) is 0.717. The van der Waals surface area contributed by atoms with E-state index in [9.17, 15) is 4.79 Å². The van der Waals surface area contributed by atoms with Crippen molar-refractivity contribution in [3.8, 4) is 0 Å². The highest BCUT2D eigenvalue weighted by Gasteiger charge is 2.32. The molecule has 1 aliphatic heterocycles. The molecule has 23 heavy (non-hydrogen) atoms. The SMILES string of the molecule is O=C(c1cccs1)N1CCc2ccccc2[C@H]1c1ccncc1. The number of hydrogen-bond acceptors (Lipinski definition) is 3. The molecular weight excluding hydrogens is 304 g/mol. The summed E-state index contributed by atoms with van der Waals surface area (Å²) in [7, 11) is 0. The normalized spacial score (nSPS) is 16.9. The second kappa shape index (κ2) is 5.97. The number of benzene rings is 1. The molecule has 1 aliphatic rings. The molecule has 3 heterocycles. The molecule has 4 heteroatoms. The van der Waals surface area contributed by atoms with Gasteiger partial charge in [0.2, 0.25) is 0 Å². The van der Waals surface area contributed by atoms with Crippen molar-refractivity contribution in [2.75, 3.05) is 6.54 Å². The van der Waals surface area contributed by atoms with Crippen LogP contribution in [-0.4, -0.2) is 22.3 Å². The Morgan fingerprint density at radius 3 is 2.70 bits per heavy atom. The number of fused-ring (bicyclic) bond motifs is 1. The van der Waals surface area contributed by atoms with E-state index in [1.54, 1.807) is 12.4 Å². The summed E-state index contributed by atoms with van der Waals surface area (Å²) < 4.78 is 0. The van der Waals surface area contributed by atoms with Crippen molar-refractivity contribution in [3.05, 3.63) is 87.9 Å². The largest absolute Gasteiger partial charge is 0.326 e. The highest BCUT2D eigenvalue weighted by Crippen LogP contribution is 2.36. The van der Waals surface area contributed by atoms with Crippen LogP contribution < -0.4 is 0 Å². The molecule has 0 unspecified atom stereocenters. The fourth-order valence-electron chi connectivity index (χ4n) is 3.23. The minimum absolute atomic E-state index is 0.0439. The van der Waals surface area contributed by atoms with Gasteiger partial charge in [0.15, 0.2) is 0 Å². The van der Waals surface area contributed by atoms with Gasteiger partial charge in [-0.1, -0.05) is 30.3 Å². The smallest absolute Gasteiger partial charge is 0.264 e. The van der Waals surface area contributed by atoms with Gasteiger partial charge in [0.1, 0.15) is 0 Å². The van der Waals surface area contributed by atoms with Crippen LogP contribution in [0.3, 0.4) is 0 Å². The van der Waals surface area contributed by atoms with Crippen molar-refractivity contribution in [2.24, 2.45) is 0 Å². The molecule has 3 nitrogen and oxygen atoms in total. The van der Waals surface area contributed by atoms with Gasteiger partial charge in [-0.15, -0.1) is 11.3 Å². The lowest BCUT2D eigenvalue weighted by Gasteiger charge is -2.37. The van der Waals surface area contributed by atoms with Crippen molar-refractivity contribution in [1.29, 1.82) is 0 Å². The lowest BCUT2D eigenvalue weighted by molar-refractivity contribution is 0.0699. The Labute approximate surface area is 139 Å². The molecule has 0 aliphatic carbocycles. The van der Waals surface area contributed by atoms with E-state index in [0.29, 0.717) is 0 Å². The molecule has 0 bridgehead atoms. The van der Waals surface area contributed by atoms with E-state index in [1.807, 2.05) is 40.6 Å². The topological polar surface area (TPSA) is 33.2 Å². The molecule has 0 N–H and O–H groups in total. The van der Waals surface area contributed by atoms with Gasteiger partial charge in [-0.2, -0.15) is 0 Å². The number of thiophene rings is 1. The summed E-state index contributed by atoms with van der Waals surface area (Å²) in [6.07, 6.45) is 4.48. The summed E-state index contributed by atoms with van der Waals surface area (Å²) in [4.78, 5) is 19.9. The second-order valence-corrected chi connectivity index (χ2v) is 6.56. The van der Waals surface area contributed by atoms with E-state index in [1.165, 1.54) is 22.5 Å². The van der Waals surface area contributed by atoms with Gasteiger partial charge in [-0.05, 0) is 46.7 Å². The molecule has 1 amide bonds. The van der Waals surface area contributed by atoms with E-state index < -0.39 is 0 Å². The second-order valence-electron chi connectivity index (χ2n) is 5.61. The lowest BCUT2D eigenvalue weighted by atomic mass is 9.88. The van der Waals surface area contributed by atoms with Gasteiger partial charge in [-0.25, -0.2) is 0 Å². The van der Waals surface area contributed by atoms with E-state index >= 15 is 0 Å². The number of rotatable bonds is 2.